The highest BCUT2D eigenvalue weighted by Gasteiger charge is 2.25. The topological polar surface area (TPSA) is 81.4 Å². The van der Waals surface area contributed by atoms with Crippen LogP contribution in [0.1, 0.15) is 42.1 Å². The summed E-state index contributed by atoms with van der Waals surface area (Å²) in [6.45, 7) is 4.09. The van der Waals surface area contributed by atoms with Gasteiger partial charge in [-0.25, -0.2) is 4.79 Å². The van der Waals surface area contributed by atoms with E-state index < -0.39 is 11.9 Å². The summed E-state index contributed by atoms with van der Waals surface area (Å²) in [7, 11) is 1.48. The fraction of sp³-hybridized carbons (Fsp3) is 0.286. The zero-order chi connectivity index (χ0) is 19.3. The van der Waals surface area contributed by atoms with E-state index in [4.69, 9.17) is 10.4 Å². The van der Waals surface area contributed by atoms with Gasteiger partial charge in [-0.05, 0) is 41.2 Å². The molecule has 0 radical (unpaired) electrons. The van der Waals surface area contributed by atoms with Gasteiger partial charge in [0.1, 0.15) is 0 Å². The molecule has 0 saturated carbocycles. The van der Waals surface area contributed by atoms with Crippen LogP contribution in [0, 0.1) is 17.4 Å². The van der Waals surface area contributed by atoms with Crippen LogP contribution in [0.25, 0.3) is 11.1 Å². The maximum Gasteiger partial charge on any atom is 0.335 e. The molecule has 1 N–H and O–H groups in total. The Morgan fingerprint density at radius 1 is 1.12 bits per heavy atom. The highest BCUT2D eigenvalue weighted by molar-refractivity contribution is 5.88. The van der Waals surface area contributed by atoms with Gasteiger partial charge in [-0.15, -0.1) is 0 Å². The van der Waals surface area contributed by atoms with E-state index in [-0.39, 0.29) is 11.5 Å². The Labute approximate surface area is 153 Å². The van der Waals surface area contributed by atoms with E-state index in [9.17, 15) is 9.59 Å². The van der Waals surface area contributed by atoms with Crippen LogP contribution in [-0.2, 0) is 4.79 Å². The Morgan fingerprint density at radius 3 is 2.31 bits per heavy atom. The summed E-state index contributed by atoms with van der Waals surface area (Å²) in [5.74, 6) is -1.28. The van der Waals surface area contributed by atoms with Gasteiger partial charge in [0.2, 0.25) is 5.91 Å². The third-order valence-corrected chi connectivity index (χ3v) is 4.24. The summed E-state index contributed by atoms with van der Waals surface area (Å²) in [6, 6.07) is 14.3. The maximum absolute atomic E-state index is 12.6. The number of hydrogen-bond acceptors (Lipinski definition) is 3. The summed E-state index contributed by atoms with van der Waals surface area (Å²) < 4.78 is 0. The van der Waals surface area contributed by atoms with Gasteiger partial charge >= 0.3 is 5.97 Å². The number of carboxylic acids is 1. The zero-order valence-corrected chi connectivity index (χ0v) is 15.1. The molecule has 0 bridgehead atoms. The Kier molecular flexibility index (Phi) is 6.13. The number of hydrogen-bond donors (Lipinski definition) is 1. The van der Waals surface area contributed by atoms with Crippen molar-refractivity contribution in [3.8, 4) is 17.3 Å². The second-order valence-electron chi connectivity index (χ2n) is 6.69. The van der Waals surface area contributed by atoms with Crippen LogP contribution in [0.5, 0.6) is 0 Å². The molecule has 5 heteroatoms. The number of carboxylic acid groups (broad SMARTS) is 1. The van der Waals surface area contributed by atoms with Crippen molar-refractivity contribution in [1.29, 1.82) is 5.26 Å². The van der Waals surface area contributed by atoms with E-state index in [0.29, 0.717) is 12.3 Å². The Bertz CT molecular complexity index is 835. The fourth-order valence-electron chi connectivity index (χ4n) is 2.87. The van der Waals surface area contributed by atoms with E-state index in [1.807, 2.05) is 44.3 Å². The molecule has 1 amide bonds. The lowest BCUT2D eigenvalue weighted by molar-refractivity contribution is -0.129. The molecule has 134 valence electrons. The van der Waals surface area contributed by atoms with Crippen molar-refractivity contribution >= 4 is 11.9 Å². The molecule has 1 unspecified atom stereocenters. The molecule has 26 heavy (non-hydrogen) atoms. The van der Waals surface area contributed by atoms with Gasteiger partial charge < -0.3 is 5.11 Å². The monoisotopic (exact) mass is 350 g/mol. The van der Waals surface area contributed by atoms with Gasteiger partial charge in [-0.1, -0.05) is 50.2 Å². The lowest BCUT2D eigenvalue weighted by Gasteiger charge is -2.21. The minimum Gasteiger partial charge on any atom is -0.478 e. The maximum atomic E-state index is 12.6. The molecule has 0 heterocycles. The number of nitriles is 1. The Balaban J connectivity index is 2.39. The van der Waals surface area contributed by atoms with Crippen molar-refractivity contribution in [2.45, 2.75) is 26.2 Å². The van der Waals surface area contributed by atoms with E-state index in [1.165, 1.54) is 7.05 Å². The predicted octanol–water partition coefficient (Wildman–Crippen LogP) is 4.12. The van der Waals surface area contributed by atoms with E-state index in [1.54, 1.807) is 24.3 Å². The first kappa shape index (κ1) is 19.2. The number of carbonyl (C=O) groups is 2. The molecule has 1 atom stereocenters. The Morgan fingerprint density at radius 2 is 1.77 bits per heavy atom. The molecule has 2 aromatic carbocycles. The summed E-state index contributed by atoms with van der Waals surface area (Å²) in [4.78, 5) is 24.7. The molecule has 2 rings (SSSR count). The second kappa shape index (κ2) is 8.30. The van der Waals surface area contributed by atoms with Crippen LogP contribution >= 0.6 is 0 Å². The molecule has 0 aliphatic rings. The summed E-state index contributed by atoms with van der Waals surface area (Å²) in [6.07, 6.45) is 2.52. The average Bonchev–Trinajstić information content (AvgIpc) is 2.65. The number of rotatable bonds is 6. The van der Waals surface area contributed by atoms with Crippen molar-refractivity contribution in [2.75, 3.05) is 7.05 Å². The molecule has 0 aliphatic carbocycles. The second-order valence-corrected chi connectivity index (χ2v) is 6.69. The quantitative estimate of drug-likeness (QED) is 0.627. The molecular formula is C21H22N2O3. The molecule has 5 nitrogen and oxygen atoms in total. The standard InChI is InChI=1S/C21H22N2O3/c1-14(2)11-19(20(24)23(3)13-22)18-6-4-5-17(12-18)15-7-9-16(10-8-15)21(25)26/h4-10,12,14,19H,11H2,1-3H3,(H,25,26). The first-order valence-corrected chi connectivity index (χ1v) is 8.44. The average molecular weight is 350 g/mol. The molecule has 0 saturated heterocycles. The van der Waals surface area contributed by atoms with Crippen molar-refractivity contribution in [2.24, 2.45) is 5.92 Å². The molecule has 0 aliphatic heterocycles. The molecule has 0 spiro atoms. The number of benzene rings is 2. The van der Waals surface area contributed by atoms with Crippen molar-refractivity contribution in [3.63, 3.8) is 0 Å². The van der Waals surface area contributed by atoms with E-state index >= 15 is 0 Å². The number of nitrogens with zero attached hydrogens (tertiary/aromatic N) is 2. The normalized spacial score (nSPS) is 11.7. The van der Waals surface area contributed by atoms with Gasteiger partial charge in [0.15, 0.2) is 6.19 Å². The summed E-state index contributed by atoms with van der Waals surface area (Å²) in [5.41, 5.74) is 2.86. The predicted molar refractivity (Wildman–Crippen MR) is 99.4 cm³/mol. The number of likely N-dealkylation sites (N-methyl/N-ethyl adjacent to an activating group) is 1. The third kappa shape index (κ3) is 4.48. The summed E-state index contributed by atoms with van der Waals surface area (Å²) in [5, 5.41) is 18.1. The SMILES string of the molecule is CC(C)CC(C(=O)N(C)C#N)c1cccc(-c2ccc(C(=O)O)cc2)c1. The van der Waals surface area contributed by atoms with Gasteiger partial charge in [-0.3, -0.25) is 9.69 Å². The number of aromatic carboxylic acids is 1. The third-order valence-electron chi connectivity index (χ3n) is 4.24. The van der Waals surface area contributed by atoms with Gasteiger partial charge in [0.25, 0.3) is 0 Å². The van der Waals surface area contributed by atoms with Crippen LogP contribution in [-0.4, -0.2) is 28.9 Å². The molecule has 2 aromatic rings. The molecular weight excluding hydrogens is 328 g/mol. The lowest BCUT2D eigenvalue weighted by Crippen LogP contribution is -2.28. The lowest BCUT2D eigenvalue weighted by atomic mass is 9.87. The van der Waals surface area contributed by atoms with Gasteiger partial charge in [0.05, 0.1) is 11.5 Å². The Hall–Kier alpha value is -3.13. The van der Waals surface area contributed by atoms with Crippen molar-refractivity contribution in [1.82, 2.24) is 4.90 Å². The number of carbonyl (C=O) groups excluding carboxylic acids is 1. The van der Waals surface area contributed by atoms with Crippen LogP contribution < -0.4 is 0 Å². The van der Waals surface area contributed by atoms with E-state index in [2.05, 4.69) is 0 Å². The van der Waals surface area contributed by atoms with Crippen LogP contribution in [0.2, 0.25) is 0 Å². The van der Waals surface area contributed by atoms with Crippen molar-refractivity contribution < 1.29 is 14.7 Å². The van der Waals surface area contributed by atoms with Crippen LogP contribution in [0.3, 0.4) is 0 Å². The fourth-order valence-corrected chi connectivity index (χ4v) is 2.87. The molecule has 0 aromatic heterocycles. The van der Waals surface area contributed by atoms with Crippen molar-refractivity contribution in [3.05, 3.63) is 59.7 Å². The zero-order valence-electron chi connectivity index (χ0n) is 15.1. The smallest absolute Gasteiger partial charge is 0.335 e. The van der Waals surface area contributed by atoms with Gasteiger partial charge in [0, 0.05) is 7.05 Å². The largest absolute Gasteiger partial charge is 0.478 e. The highest BCUT2D eigenvalue weighted by atomic mass is 16.4. The summed E-state index contributed by atoms with van der Waals surface area (Å²) >= 11 is 0. The minimum absolute atomic E-state index is 0.223. The van der Waals surface area contributed by atoms with Crippen LogP contribution in [0.4, 0.5) is 0 Å². The number of amides is 1. The van der Waals surface area contributed by atoms with E-state index in [0.717, 1.165) is 21.6 Å². The first-order chi connectivity index (χ1) is 12.3. The minimum atomic E-state index is -0.965. The van der Waals surface area contributed by atoms with Crippen LogP contribution in [0.15, 0.2) is 48.5 Å². The highest BCUT2D eigenvalue weighted by Crippen LogP contribution is 2.29. The molecule has 0 fully saturated rings. The van der Waals surface area contributed by atoms with Gasteiger partial charge in [-0.2, -0.15) is 5.26 Å². The first-order valence-electron chi connectivity index (χ1n) is 8.44.